The molecule has 0 atom stereocenters. The zero-order valence-electron chi connectivity index (χ0n) is 16.6. The van der Waals surface area contributed by atoms with E-state index in [1.54, 1.807) is 6.92 Å². The van der Waals surface area contributed by atoms with Crippen molar-refractivity contribution in [2.24, 2.45) is 0 Å². The van der Waals surface area contributed by atoms with Crippen molar-refractivity contribution in [2.45, 2.75) is 38.5 Å². The van der Waals surface area contributed by atoms with Gasteiger partial charge in [0.25, 0.3) is 11.8 Å². The molecular formula is C21H17F8NO2. The van der Waals surface area contributed by atoms with E-state index < -0.39 is 64.6 Å². The minimum atomic E-state index is -5.10. The number of carbonyl (C=O) groups is 2. The predicted molar refractivity (Wildman–Crippen MR) is 97.7 cm³/mol. The Morgan fingerprint density at radius 1 is 0.750 bits per heavy atom. The van der Waals surface area contributed by atoms with E-state index in [4.69, 9.17) is 0 Å². The van der Waals surface area contributed by atoms with Crippen LogP contribution in [-0.4, -0.2) is 23.3 Å². The molecule has 32 heavy (non-hydrogen) atoms. The number of benzene rings is 2. The lowest BCUT2D eigenvalue weighted by Crippen LogP contribution is -2.39. The average molecular weight is 467 g/mol. The summed E-state index contributed by atoms with van der Waals surface area (Å²) in [7, 11) is 0. The van der Waals surface area contributed by atoms with Crippen molar-refractivity contribution < 1.29 is 44.7 Å². The van der Waals surface area contributed by atoms with E-state index >= 15 is 0 Å². The molecule has 2 aromatic rings. The van der Waals surface area contributed by atoms with Crippen LogP contribution in [0.4, 0.5) is 35.1 Å². The summed E-state index contributed by atoms with van der Waals surface area (Å²) in [4.78, 5) is 25.9. The number of hydrogen-bond acceptors (Lipinski definition) is 2. The Morgan fingerprint density at radius 2 is 1.16 bits per heavy atom. The van der Waals surface area contributed by atoms with Crippen molar-refractivity contribution in [3.05, 3.63) is 70.3 Å². The molecule has 11 heteroatoms. The molecule has 0 saturated heterocycles. The van der Waals surface area contributed by atoms with Crippen molar-refractivity contribution in [1.29, 1.82) is 0 Å². The SMILES string of the molecule is CCCCCN(C(=O)c1cc(F)ccc1C(F)(F)F)C(=O)c1cc(F)ccc1C(F)(F)F. The largest absolute Gasteiger partial charge is 0.417 e. The maximum atomic E-state index is 13.6. The van der Waals surface area contributed by atoms with E-state index in [9.17, 15) is 44.7 Å². The Kier molecular flexibility index (Phi) is 7.63. The van der Waals surface area contributed by atoms with Crippen LogP contribution in [0.3, 0.4) is 0 Å². The predicted octanol–water partition coefficient (Wildman–Crippen LogP) is 6.48. The molecule has 2 rings (SSSR count). The number of imide groups is 1. The fourth-order valence-electron chi connectivity index (χ4n) is 2.99. The van der Waals surface area contributed by atoms with Crippen molar-refractivity contribution in [1.82, 2.24) is 4.90 Å². The zero-order valence-corrected chi connectivity index (χ0v) is 16.6. The molecule has 2 amide bonds. The Morgan fingerprint density at radius 3 is 1.50 bits per heavy atom. The van der Waals surface area contributed by atoms with Gasteiger partial charge < -0.3 is 0 Å². The van der Waals surface area contributed by atoms with E-state index in [1.807, 2.05) is 0 Å². The van der Waals surface area contributed by atoms with E-state index in [1.165, 1.54) is 0 Å². The maximum Gasteiger partial charge on any atom is 0.417 e. The molecule has 0 heterocycles. The van der Waals surface area contributed by atoms with Gasteiger partial charge in [0.2, 0.25) is 0 Å². The van der Waals surface area contributed by atoms with Crippen LogP contribution in [0.25, 0.3) is 0 Å². The number of unbranched alkanes of at least 4 members (excludes halogenated alkanes) is 2. The van der Waals surface area contributed by atoms with E-state index in [0.717, 1.165) is 0 Å². The standard InChI is InChI=1S/C21H17F8NO2/c1-2-3-4-9-30(18(31)14-10-12(22)5-7-16(14)20(24,25)26)19(32)15-11-13(23)6-8-17(15)21(27,28)29/h5-8,10-11H,2-4,9H2,1H3. The molecule has 0 N–H and O–H groups in total. The van der Waals surface area contributed by atoms with Gasteiger partial charge >= 0.3 is 12.4 Å². The van der Waals surface area contributed by atoms with E-state index in [-0.39, 0.29) is 23.5 Å². The molecule has 0 fully saturated rings. The lowest BCUT2D eigenvalue weighted by atomic mass is 10.0. The van der Waals surface area contributed by atoms with E-state index in [2.05, 4.69) is 0 Å². The van der Waals surface area contributed by atoms with Crippen LogP contribution in [0.1, 0.15) is 58.0 Å². The first-order valence-electron chi connectivity index (χ1n) is 9.37. The maximum absolute atomic E-state index is 13.6. The minimum absolute atomic E-state index is 0.0569. The quantitative estimate of drug-likeness (QED) is 0.277. The Hall–Kier alpha value is -2.98. The first-order chi connectivity index (χ1) is 14.8. The summed E-state index contributed by atoms with van der Waals surface area (Å²) < 4.78 is 107. The van der Waals surface area contributed by atoms with Gasteiger partial charge in [-0.3, -0.25) is 14.5 Å². The fraction of sp³-hybridized carbons (Fsp3) is 0.333. The highest BCUT2D eigenvalue weighted by Gasteiger charge is 2.40. The summed E-state index contributed by atoms with van der Waals surface area (Å²) >= 11 is 0. The molecule has 0 aromatic heterocycles. The van der Waals surface area contributed by atoms with Crippen LogP contribution in [0.5, 0.6) is 0 Å². The molecule has 0 radical (unpaired) electrons. The molecule has 0 spiro atoms. The summed E-state index contributed by atoms with van der Waals surface area (Å²) in [5.41, 5.74) is -5.61. The average Bonchev–Trinajstić information content (AvgIpc) is 2.68. The lowest BCUT2D eigenvalue weighted by molar-refractivity contribution is -0.138. The number of nitrogens with zero attached hydrogens (tertiary/aromatic N) is 1. The first-order valence-corrected chi connectivity index (χ1v) is 9.37. The van der Waals surface area contributed by atoms with Crippen LogP contribution < -0.4 is 0 Å². The number of carbonyl (C=O) groups excluding carboxylic acids is 2. The van der Waals surface area contributed by atoms with Gasteiger partial charge in [-0.1, -0.05) is 19.8 Å². The topological polar surface area (TPSA) is 37.4 Å². The van der Waals surface area contributed by atoms with Gasteiger partial charge in [-0.25, -0.2) is 8.78 Å². The number of rotatable bonds is 6. The van der Waals surface area contributed by atoms with Crippen LogP contribution in [0.2, 0.25) is 0 Å². The summed E-state index contributed by atoms with van der Waals surface area (Å²) in [5.74, 6) is -5.72. The molecule has 0 bridgehead atoms. The summed E-state index contributed by atoms with van der Waals surface area (Å²) in [5, 5.41) is 0. The molecule has 0 aliphatic carbocycles. The highest BCUT2D eigenvalue weighted by Crippen LogP contribution is 2.35. The fourth-order valence-corrected chi connectivity index (χ4v) is 2.99. The number of alkyl halides is 6. The third-order valence-electron chi connectivity index (χ3n) is 4.51. The summed E-state index contributed by atoms with van der Waals surface area (Å²) in [6.45, 7) is 1.18. The van der Waals surface area contributed by atoms with E-state index in [0.29, 0.717) is 37.1 Å². The molecular weight excluding hydrogens is 450 g/mol. The van der Waals surface area contributed by atoms with Crippen LogP contribution in [0.15, 0.2) is 36.4 Å². The summed E-state index contributed by atoms with van der Waals surface area (Å²) in [6, 6.07) is 2.00. The van der Waals surface area contributed by atoms with Crippen molar-refractivity contribution in [3.8, 4) is 0 Å². The molecule has 3 nitrogen and oxygen atoms in total. The smallest absolute Gasteiger partial charge is 0.274 e. The lowest BCUT2D eigenvalue weighted by Gasteiger charge is -2.24. The second-order valence-corrected chi connectivity index (χ2v) is 6.84. The highest BCUT2D eigenvalue weighted by molar-refractivity contribution is 6.11. The molecule has 174 valence electrons. The van der Waals surface area contributed by atoms with Gasteiger partial charge in [0.1, 0.15) is 11.6 Å². The molecule has 2 aromatic carbocycles. The molecule has 0 unspecified atom stereocenters. The van der Waals surface area contributed by atoms with Crippen LogP contribution >= 0.6 is 0 Å². The van der Waals surface area contributed by atoms with Gasteiger partial charge in [-0.05, 0) is 42.8 Å². The first kappa shape index (κ1) is 25.3. The minimum Gasteiger partial charge on any atom is -0.274 e. The normalized spacial score (nSPS) is 12.0. The van der Waals surface area contributed by atoms with Gasteiger partial charge in [0.15, 0.2) is 0 Å². The zero-order chi connectivity index (χ0) is 24.3. The second kappa shape index (κ2) is 9.66. The number of amides is 2. The number of halogens is 8. The van der Waals surface area contributed by atoms with Crippen molar-refractivity contribution >= 4 is 11.8 Å². The summed E-state index contributed by atoms with van der Waals surface area (Å²) in [6.07, 6.45) is -9.21. The van der Waals surface area contributed by atoms with Gasteiger partial charge in [-0.15, -0.1) is 0 Å². The monoisotopic (exact) mass is 467 g/mol. The Labute approximate surface area is 177 Å². The van der Waals surface area contributed by atoms with Crippen molar-refractivity contribution in [2.75, 3.05) is 6.54 Å². The Bertz CT molecular complexity index is 923. The highest BCUT2D eigenvalue weighted by atomic mass is 19.4. The third kappa shape index (κ3) is 5.83. The number of hydrogen-bond donors (Lipinski definition) is 0. The van der Waals surface area contributed by atoms with Gasteiger partial charge in [-0.2, -0.15) is 26.3 Å². The second-order valence-electron chi connectivity index (χ2n) is 6.84. The van der Waals surface area contributed by atoms with Crippen molar-refractivity contribution in [3.63, 3.8) is 0 Å². The molecule has 0 aliphatic heterocycles. The van der Waals surface area contributed by atoms with Crippen LogP contribution in [0, 0.1) is 11.6 Å². The third-order valence-corrected chi connectivity index (χ3v) is 4.51. The van der Waals surface area contributed by atoms with Gasteiger partial charge in [0, 0.05) is 6.54 Å². The molecule has 0 aliphatic rings. The van der Waals surface area contributed by atoms with Gasteiger partial charge in [0.05, 0.1) is 22.3 Å². The van der Waals surface area contributed by atoms with Crippen LogP contribution in [-0.2, 0) is 12.4 Å². The Balaban J connectivity index is 2.62. The molecule has 0 saturated carbocycles.